The summed E-state index contributed by atoms with van der Waals surface area (Å²) in [7, 11) is 0. The SMILES string of the molecule is CCC(Oc1ccccc1Cl)C(=O)N1CCC(N)CC1. The molecule has 0 aromatic heterocycles. The van der Waals surface area contributed by atoms with E-state index in [0.29, 0.717) is 30.3 Å². The van der Waals surface area contributed by atoms with E-state index in [1.807, 2.05) is 24.0 Å². The smallest absolute Gasteiger partial charge is 0.263 e. The number of rotatable bonds is 4. The van der Waals surface area contributed by atoms with Gasteiger partial charge in [0.25, 0.3) is 5.91 Å². The number of halogens is 1. The maximum atomic E-state index is 12.5. The minimum absolute atomic E-state index is 0.0271. The van der Waals surface area contributed by atoms with Gasteiger partial charge in [0.1, 0.15) is 5.75 Å². The molecule has 2 rings (SSSR count). The summed E-state index contributed by atoms with van der Waals surface area (Å²) in [6.45, 7) is 3.36. The number of hydrogen-bond acceptors (Lipinski definition) is 3. The normalized spacial score (nSPS) is 17.9. The highest BCUT2D eigenvalue weighted by atomic mass is 35.5. The fourth-order valence-electron chi connectivity index (χ4n) is 2.33. The molecular weight excluding hydrogens is 276 g/mol. The van der Waals surface area contributed by atoms with Gasteiger partial charge in [-0.3, -0.25) is 4.79 Å². The number of nitrogens with two attached hydrogens (primary N) is 1. The monoisotopic (exact) mass is 296 g/mol. The molecule has 0 aliphatic carbocycles. The maximum absolute atomic E-state index is 12.5. The molecule has 0 radical (unpaired) electrons. The lowest BCUT2D eigenvalue weighted by atomic mass is 10.1. The molecule has 1 unspecified atom stereocenters. The minimum Gasteiger partial charge on any atom is -0.479 e. The number of carbonyl (C=O) groups excluding carboxylic acids is 1. The Morgan fingerprint density at radius 1 is 1.45 bits per heavy atom. The molecule has 2 N–H and O–H groups in total. The van der Waals surface area contributed by atoms with Crippen molar-refractivity contribution in [1.29, 1.82) is 0 Å². The number of para-hydroxylation sites is 1. The van der Waals surface area contributed by atoms with Gasteiger partial charge in [0.15, 0.2) is 6.10 Å². The Kier molecular flexibility index (Phi) is 5.26. The van der Waals surface area contributed by atoms with Crippen molar-refractivity contribution in [1.82, 2.24) is 4.90 Å². The number of piperidine rings is 1. The zero-order valence-corrected chi connectivity index (χ0v) is 12.5. The molecule has 4 nitrogen and oxygen atoms in total. The van der Waals surface area contributed by atoms with E-state index >= 15 is 0 Å². The standard InChI is InChI=1S/C15H21ClN2O2/c1-2-13(20-14-6-4-3-5-12(14)16)15(19)18-9-7-11(17)8-10-18/h3-6,11,13H,2,7-10,17H2,1H3. The molecule has 1 atom stereocenters. The van der Waals surface area contributed by atoms with Crippen LogP contribution in [0.2, 0.25) is 5.02 Å². The second kappa shape index (κ2) is 6.95. The number of nitrogens with zero attached hydrogens (tertiary/aromatic N) is 1. The average molecular weight is 297 g/mol. The summed E-state index contributed by atoms with van der Waals surface area (Å²) in [6.07, 6.45) is 1.85. The van der Waals surface area contributed by atoms with Gasteiger partial charge in [-0.25, -0.2) is 0 Å². The number of benzene rings is 1. The van der Waals surface area contributed by atoms with Gasteiger partial charge in [-0.15, -0.1) is 0 Å². The van der Waals surface area contributed by atoms with E-state index < -0.39 is 6.10 Å². The molecule has 1 aliphatic heterocycles. The Balaban J connectivity index is 2.01. The van der Waals surface area contributed by atoms with E-state index in [-0.39, 0.29) is 11.9 Å². The van der Waals surface area contributed by atoms with Gasteiger partial charge in [-0.2, -0.15) is 0 Å². The van der Waals surface area contributed by atoms with Crippen LogP contribution in [0.4, 0.5) is 0 Å². The van der Waals surface area contributed by atoms with Gasteiger partial charge in [-0.05, 0) is 31.4 Å². The summed E-state index contributed by atoms with van der Waals surface area (Å²) < 4.78 is 5.78. The number of hydrogen-bond donors (Lipinski definition) is 1. The molecular formula is C15H21ClN2O2. The van der Waals surface area contributed by atoms with Crippen molar-refractivity contribution in [3.05, 3.63) is 29.3 Å². The number of ether oxygens (including phenoxy) is 1. The molecule has 0 bridgehead atoms. The second-order valence-electron chi connectivity index (χ2n) is 5.11. The molecule has 1 aliphatic rings. The molecule has 1 saturated heterocycles. The molecule has 1 aromatic carbocycles. The van der Waals surface area contributed by atoms with Crippen molar-refractivity contribution in [3.63, 3.8) is 0 Å². The molecule has 5 heteroatoms. The highest BCUT2D eigenvalue weighted by molar-refractivity contribution is 6.32. The third-order valence-corrected chi connectivity index (χ3v) is 3.92. The lowest BCUT2D eigenvalue weighted by Gasteiger charge is -2.32. The highest BCUT2D eigenvalue weighted by Gasteiger charge is 2.27. The predicted octanol–water partition coefficient (Wildman–Crippen LogP) is 2.45. The molecule has 1 fully saturated rings. The van der Waals surface area contributed by atoms with E-state index in [2.05, 4.69) is 0 Å². The molecule has 1 heterocycles. The van der Waals surface area contributed by atoms with Crippen LogP contribution in [0.25, 0.3) is 0 Å². The first kappa shape index (κ1) is 15.1. The summed E-state index contributed by atoms with van der Waals surface area (Å²) in [5.74, 6) is 0.586. The third kappa shape index (κ3) is 3.64. The first-order valence-electron chi connectivity index (χ1n) is 7.07. The zero-order chi connectivity index (χ0) is 14.5. The van der Waals surface area contributed by atoms with Gasteiger partial charge in [-0.1, -0.05) is 30.7 Å². The third-order valence-electron chi connectivity index (χ3n) is 3.60. The van der Waals surface area contributed by atoms with E-state index in [0.717, 1.165) is 12.8 Å². The highest BCUT2D eigenvalue weighted by Crippen LogP contribution is 2.25. The Morgan fingerprint density at radius 2 is 2.10 bits per heavy atom. The maximum Gasteiger partial charge on any atom is 0.263 e. The second-order valence-corrected chi connectivity index (χ2v) is 5.52. The van der Waals surface area contributed by atoms with Crippen molar-refractivity contribution in [2.45, 2.75) is 38.3 Å². The molecule has 1 aromatic rings. The predicted molar refractivity (Wildman–Crippen MR) is 79.9 cm³/mol. The van der Waals surface area contributed by atoms with Gasteiger partial charge in [0, 0.05) is 19.1 Å². The minimum atomic E-state index is -0.482. The summed E-state index contributed by atoms with van der Waals surface area (Å²) in [5, 5.41) is 0.527. The Hall–Kier alpha value is -1.26. The lowest BCUT2D eigenvalue weighted by Crippen LogP contribution is -2.48. The van der Waals surface area contributed by atoms with E-state index in [1.54, 1.807) is 12.1 Å². The fraction of sp³-hybridized carbons (Fsp3) is 0.533. The van der Waals surface area contributed by atoms with Crippen molar-refractivity contribution in [2.75, 3.05) is 13.1 Å². The van der Waals surface area contributed by atoms with Gasteiger partial charge >= 0.3 is 0 Å². The van der Waals surface area contributed by atoms with E-state index in [9.17, 15) is 4.79 Å². The zero-order valence-electron chi connectivity index (χ0n) is 11.7. The Labute approximate surface area is 124 Å². The summed E-state index contributed by atoms with van der Waals surface area (Å²) in [4.78, 5) is 14.3. The van der Waals surface area contributed by atoms with Crippen LogP contribution in [-0.4, -0.2) is 36.0 Å². The van der Waals surface area contributed by atoms with Crippen LogP contribution in [0, 0.1) is 0 Å². The molecule has 0 saturated carbocycles. The number of likely N-dealkylation sites (tertiary alicyclic amines) is 1. The van der Waals surface area contributed by atoms with Crippen LogP contribution in [0.15, 0.2) is 24.3 Å². The fourth-order valence-corrected chi connectivity index (χ4v) is 2.51. The van der Waals surface area contributed by atoms with Gasteiger partial charge in [0.05, 0.1) is 5.02 Å². The summed E-state index contributed by atoms with van der Waals surface area (Å²) in [6, 6.07) is 7.43. The summed E-state index contributed by atoms with van der Waals surface area (Å²) >= 11 is 6.07. The average Bonchev–Trinajstić information content (AvgIpc) is 2.46. The summed E-state index contributed by atoms with van der Waals surface area (Å²) in [5.41, 5.74) is 5.86. The van der Waals surface area contributed by atoms with Crippen molar-refractivity contribution >= 4 is 17.5 Å². The number of amides is 1. The van der Waals surface area contributed by atoms with Crippen LogP contribution in [0.1, 0.15) is 26.2 Å². The first-order valence-corrected chi connectivity index (χ1v) is 7.45. The van der Waals surface area contributed by atoms with Crippen LogP contribution < -0.4 is 10.5 Å². The quantitative estimate of drug-likeness (QED) is 0.928. The van der Waals surface area contributed by atoms with E-state index in [1.165, 1.54) is 0 Å². The van der Waals surface area contributed by atoms with Crippen molar-refractivity contribution < 1.29 is 9.53 Å². The van der Waals surface area contributed by atoms with E-state index in [4.69, 9.17) is 22.1 Å². The first-order chi connectivity index (χ1) is 9.61. The van der Waals surface area contributed by atoms with Crippen LogP contribution >= 0.6 is 11.6 Å². The molecule has 110 valence electrons. The van der Waals surface area contributed by atoms with Crippen LogP contribution in [0.5, 0.6) is 5.75 Å². The van der Waals surface area contributed by atoms with Crippen LogP contribution in [-0.2, 0) is 4.79 Å². The van der Waals surface area contributed by atoms with Gasteiger partial charge in [0.2, 0.25) is 0 Å². The number of carbonyl (C=O) groups is 1. The van der Waals surface area contributed by atoms with Gasteiger partial charge < -0.3 is 15.4 Å². The molecule has 0 spiro atoms. The Morgan fingerprint density at radius 3 is 2.70 bits per heavy atom. The molecule has 20 heavy (non-hydrogen) atoms. The van der Waals surface area contributed by atoms with Crippen molar-refractivity contribution in [3.8, 4) is 5.75 Å². The lowest BCUT2D eigenvalue weighted by molar-refractivity contribution is -0.139. The molecule has 1 amide bonds. The largest absolute Gasteiger partial charge is 0.479 e. The topological polar surface area (TPSA) is 55.6 Å². The van der Waals surface area contributed by atoms with Crippen LogP contribution in [0.3, 0.4) is 0 Å². The van der Waals surface area contributed by atoms with Crippen molar-refractivity contribution in [2.24, 2.45) is 5.73 Å². The Bertz CT molecular complexity index is 459.